The second-order valence-electron chi connectivity index (χ2n) is 6.26. The molecule has 7 nitrogen and oxygen atoms in total. The molecule has 2 aromatic carbocycles. The van der Waals surface area contributed by atoms with E-state index in [0.717, 1.165) is 16.4 Å². The molecule has 30 heavy (non-hydrogen) atoms. The van der Waals surface area contributed by atoms with E-state index in [4.69, 9.17) is 27.9 Å². The minimum atomic E-state index is -0.306. The van der Waals surface area contributed by atoms with Gasteiger partial charge in [0, 0.05) is 27.9 Å². The van der Waals surface area contributed by atoms with E-state index in [-0.39, 0.29) is 5.91 Å². The fourth-order valence-corrected chi connectivity index (χ4v) is 4.30. The number of methoxy groups -OCH3 is 1. The van der Waals surface area contributed by atoms with Crippen molar-refractivity contribution in [3.8, 4) is 16.3 Å². The molecule has 0 atom stereocenters. The van der Waals surface area contributed by atoms with E-state index in [9.17, 15) is 4.79 Å². The topological polar surface area (TPSA) is 81.4 Å². The number of halogens is 2. The van der Waals surface area contributed by atoms with Crippen LogP contribution in [0.1, 0.15) is 11.4 Å². The van der Waals surface area contributed by atoms with E-state index in [1.54, 1.807) is 28.8 Å². The Bertz CT molecular complexity index is 1280. The lowest BCUT2D eigenvalue weighted by atomic mass is 10.1. The van der Waals surface area contributed by atoms with Crippen molar-refractivity contribution < 1.29 is 9.53 Å². The summed E-state index contributed by atoms with van der Waals surface area (Å²) >= 11 is 13.6. The molecule has 0 aliphatic carbocycles. The smallest absolute Gasteiger partial charge is 0.248 e. The van der Waals surface area contributed by atoms with Crippen LogP contribution in [0.4, 0.5) is 5.69 Å². The highest BCUT2D eigenvalue weighted by atomic mass is 35.5. The number of nitrogens with zero attached hydrogens (tertiary/aromatic N) is 4. The number of nitrogens with one attached hydrogen (secondary N) is 1. The van der Waals surface area contributed by atoms with Crippen LogP contribution >= 0.6 is 34.5 Å². The molecule has 4 rings (SSSR count). The number of fused-ring (bicyclic) bond motifs is 1. The van der Waals surface area contributed by atoms with Crippen LogP contribution in [0, 0.1) is 6.92 Å². The number of anilines is 1. The van der Waals surface area contributed by atoms with Gasteiger partial charge in [0.25, 0.3) is 0 Å². The fourth-order valence-electron chi connectivity index (χ4n) is 2.83. The third-order valence-electron chi connectivity index (χ3n) is 4.18. The van der Waals surface area contributed by atoms with E-state index in [2.05, 4.69) is 20.6 Å². The van der Waals surface area contributed by atoms with E-state index in [0.29, 0.717) is 32.0 Å². The van der Waals surface area contributed by atoms with Crippen molar-refractivity contribution >= 4 is 57.2 Å². The maximum absolute atomic E-state index is 12.4. The lowest BCUT2D eigenvalue weighted by Gasteiger charge is -2.08. The fraction of sp³-hybridized carbons (Fsp3) is 0.100. The molecule has 2 aromatic heterocycles. The molecule has 0 saturated heterocycles. The van der Waals surface area contributed by atoms with Crippen molar-refractivity contribution in [1.29, 1.82) is 0 Å². The van der Waals surface area contributed by atoms with Gasteiger partial charge >= 0.3 is 0 Å². The number of hydrogen-bond donors (Lipinski definition) is 1. The van der Waals surface area contributed by atoms with Gasteiger partial charge in [-0.3, -0.25) is 4.79 Å². The Morgan fingerprint density at radius 2 is 2.07 bits per heavy atom. The van der Waals surface area contributed by atoms with Gasteiger partial charge in [-0.15, -0.1) is 10.2 Å². The number of carbonyl (C=O) groups excluding carboxylic acids is 1. The molecular weight excluding hydrogens is 445 g/mol. The summed E-state index contributed by atoms with van der Waals surface area (Å²) in [5, 5.41) is 17.0. The molecule has 1 amide bonds. The summed E-state index contributed by atoms with van der Waals surface area (Å²) in [6, 6.07) is 10.7. The number of amides is 1. The highest BCUT2D eigenvalue weighted by molar-refractivity contribution is 7.19. The summed E-state index contributed by atoms with van der Waals surface area (Å²) in [4.78, 5) is 13.1. The molecule has 4 aromatic rings. The Kier molecular flexibility index (Phi) is 5.72. The number of benzene rings is 2. The molecule has 0 radical (unpaired) electrons. The number of ether oxygens (including phenoxy) is 1. The molecule has 0 spiro atoms. The van der Waals surface area contributed by atoms with Crippen molar-refractivity contribution in [2.24, 2.45) is 0 Å². The molecule has 0 fully saturated rings. The number of aromatic nitrogens is 4. The third-order valence-corrected chi connectivity index (χ3v) is 5.63. The monoisotopic (exact) mass is 459 g/mol. The van der Waals surface area contributed by atoms with E-state index < -0.39 is 0 Å². The Hall–Kier alpha value is -2.94. The third kappa shape index (κ3) is 4.16. The number of aryl methyl sites for hydroxylation is 1. The highest BCUT2D eigenvalue weighted by Crippen LogP contribution is 2.33. The predicted molar refractivity (Wildman–Crippen MR) is 120 cm³/mol. The van der Waals surface area contributed by atoms with E-state index >= 15 is 0 Å². The molecule has 0 aliphatic rings. The van der Waals surface area contributed by atoms with Gasteiger partial charge in [0.15, 0.2) is 5.82 Å². The average Bonchev–Trinajstić information content (AvgIpc) is 3.28. The molecule has 0 unspecified atom stereocenters. The quantitative estimate of drug-likeness (QED) is 0.418. The molecule has 152 valence electrons. The van der Waals surface area contributed by atoms with Gasteiger partial charge in [-0.05, 0) is 37.3 Å². The molecule has 0 bridgehead atoms. The zero-order valence-corrected chi connectivity index (χ0v) is 18.2. The first-order valence-electron chi connectivity index (χ1n) is 8.76. The Morgan fingerprint density at radius 1 is 1.23 bits per heavy atom. The van der Waals surface area contributed by atoms with Gasteiger partial charge < -0.3 is 10.1 Å². The van der Waals surface area contributed by atoms with Crippen LogP contribution < -0.4 is 10.1 Å². The van der Waals surface area contributed by atoms with Gasteiger partial charge in [0.05, 0.1) is 12.1 Å². The van der Waals surface area contributed by atoms with Crippen LogP contribution in [0.15, 0.2) is 42.5 Å². The first-order valence-corrected chi connectivity index (χ1v) is 10.3. The second kappa shape index (κ2) is 8.43. The van der Waals surface area contributed by atoms with Crippen LogP contribution in [0.2, 0.25) is 10.0 Å². The van der Waals surface area contributed by atoms with Gasteiger partial charge in [-0.25, -0.2) is 0 Å². The number of rotatable bonds is 5. The first-order chi connectivity index (χ1) is 14.4. The first kappa shape index (κ1) is 20.3. The van der Waals surface area contributed by atoms with Crippen molar-refractivity contribution in [3.63, 3.8) is 0 Å². The maximum Gasteiger partial charge on any atom is 0.248 e. The normalized spacial score (nSPS) is 11.3. The van der Waals surface area contributed by atoms with Gasteiger partial charge in [0.1, 0.15) is 10.8 Å². The SMILES string of the molecule is COc1c(Cl)cc(Cl)cc1C=CC(=O)Nc1cccc(-c2nn3c(C)nnc3s2)c1. The lowest BCUT2D eigenvalue weighted by molar-refractivity contribution is -0.111. The standard InChI is InChI=1S/C20H15Cl2N5O2S/c1-11-24-25-20-27(11)26-19(30-20)13-4-3-5-15(9-13)23-17(28)7-6-12-8-14(21)10-16(22)18(12)29-2/h3-10H,1-2H3,(H,23,28). The summed E-state index contributed by atoms with van der Waals surface area (Å²) in [5.41, 5.74) is 2.12. The number of carbonyl (C=O) groups is 1. The van der Waals surface area contributed by atoms with Crippen LogP contribution in [-0.2, 0) is 4.79 Å². The summed E-state index contributed by atoms with van der Waals surface area (Å²) in [7, 11) is 1.51. The summed E-state index contributed by atoms with van der Waals surface area (Å²) in [6.45, 7) is 1.84. The summed E-state index contributed by atoms with van der Waals surface area (Å²) < 4.78 is 6.97. The summed E-state index contributed by atoms with van der Waals surface area (Å²) in [6.07, 6.45) is 2.99. The molecule has 2 heterocycles. The highest BCUT2D eigenvalue weighted by Gasteiger charge is 2.11. The molecule has 1 N–H and O–H groups in total. The van der Waals surface area contributed by atoms with E-state index in [1.165, 1.54) is 24.5 Å². The second-order valence-corrected chi connectivity index (χ2v) is 8.06. The Labute approximate surface area is 185 Å². The van der Waals surface area contributed by atoms with Crippen molar-refractivity contribution in [3.05, 3.63) is 63.9 Å². The van der Waals surface area contributed by atoms with Crippen LogP contribution in [0.25, 0.3) is 21.6 Å². The van der Waals surface area contributed by atoms with Gasteiger partial charge in [0.2, 0.25) is 10.9 Å². The number of hydrogen-bond acceptors (Lipinski definition) is 6. The largest absolute Gasteiger partial charge is 0.495 e. The average molecular weight is 460 g/mol. The minimum absolute atomic E-state index is 0.306. The summed E-state index contributed by atoms with van der Waals surface area (Å²) in [5.74, 6) is 0.864. The molecule has 0 saturated carbocycles. The van der Waals surface area contributed by atoms with Crippen molar-refractivity contribution in [2.45, 2.75) is 6.92 Å². The molecule has 0 aliphatic heterocycles. The van der Waals surface area contributed by atoms with Crippen molar-refractivity contribution in [2.75, 3.05) is 12.4 Å². The van der Waals surface area contributed by atoms with Gasteiger partial charge in [-0.2, -0.15) is 9.61 Å². The Morgan fingerprint density at radius 3 is 2.83 bits per heavy atom. The van der Waals surface area contributed by atoms with Crippen molar-refractivity contribution in [1.82, 2.24) is 19.8 Å². The maximum atomic E-state index is 12.4. The van der Waals surface area contributed by atoms with Crippen LogP contribution in [-0.4, -0.2) is 32.8 Å². The van der Waals surface area contributed by atoms with Gasteiger partial charge in [-0.1, -0.05) is 46.7 Å². The Balaban J connectivity index is 1.53. The molecular formula is C20H15Cl2N5O2S. The predicted octanol–water partition coefficient (Wildman–Crippen LogP) is 5.13. The zero-order valence-electron chi connectivity index (χ0n) is 15.9. The van der Waals surface area contributed by atoms with Crippen LogP contribution in [0.3, 0.4) is 0 Å². The zero-order chi connectivity index (χ0) is 21.3. The minimum Gasteiger partial charge on any atom is -0.495 e. The molecule has 10 heteroatoms. The van der Waals surface area contributed by atoms with Crippen LogP contribution in [0.5, 0.6) is 5.75 Å². The van der Waals surface area contributed by atoms with E-state index in [1.807, 2.05) is 25.1 Å². The lowest BCUT2D eigenvalue weighted by Crippen LogP contribution is -2.07.